The second-order valence-electron chi connectivity index (χ2n) is 6.58. The summed E-state index contributed by atoms with van der Waals surface area (Å²) < 4.78 is 6.65. The molecule has 0 aliphatic rings. The SMILES string of the molecule is CCCc1nn2c(=O)cc(CN(CCC)Cc3ccc(OC)cc3)nc2s1. The van der Waals surface area contributed by atoms with Gasteiger partial charge in [-0.3, -0.25) is 9.69 Å². The van der Waals surface area contributed by atoms with Gasteiger partial charge in [-0.05, 0) is 37.1 Å². The standard InChI is InChI=1S/C20H26N4O2S/c1-4-6-18-22-24-19(25)12-16(21-20(24)27-18)14-23(11-5-2)13-15-7-9-17(26-3)10-8-15/h7-10,12H,4-6,11,13-14H2,1-3H3. The van der Waals surface area contributed by atoms with Gasteiger partial charge < -0.3 is 4.74 Å². The zero-order valence-electron chi connectivity index (χ0n) is 16.1. The van der Waals surface area contributed by atoms with Gasteiger partial charge in [-0.25, -0.2) is 4.98 Å². The molecular weight excluding hydrogens is 360 g/mol. The van der Waals surface area contributed by atoms with Crippen LogP contribution in [0.25, 0.3) is 4.96 Å². The number of hydrogen-bond donors (Lipinski definition) is 0. The lowest BCUT2D eigenvalue weighted by molar-refractivity contribution is 0.254. The van der Waals surface area contributed by atoms with Crippen molar-refractivity contribution in [3.05, 3.63) is 57.0 Å². The van der Waals surface area contributed by atoms with Crippen LogP contribution in [0.5, 0.6) is 5.75 Å². The third-order valence-corrected chi connectivity index (χ3v) is 5.26. The van der Waals surface area contributed by atoms with Crippen LogP contribution in [0.15, 0.2) is 35.1 Å². The van der Waals surface area contributed by atoms with Crippen LogP contribution in [0.3, 0.4) is 0 Å². The maximum absolute atomic E-state index is 12.4. The minimum Gasteiger partial charge on any atom is -0.497 e. The number of benzene rings is 1. The zero-order chi connectivity index (χ0) is 19.2. The lowest BCUT2D eigenvalue weighted by Crippen LogP contribution is -2.26. The third-order valence-electron chi connectivity index (χ3n) is 4.29. The molecule has 3 rings (SSSR count). The fourth-order valence-electron chi connectivity index (χ4n) is 3.04. The zero-order valence-corrected chi connectivity index (χ0v) is 17.0. The van der Waals surface area contributed by atoms with Crippen LogP contribution in [0, 0.1) is 0 Å². The Morgan fingerprint density at radius 2 is 1.93 bits per heavy atom. The molecule has 0 unspecified atom stereocenters. The van der Waals surface area contributed by atoms with Gasteiger partial charge in [-0.2, -0.15) is 9.61 Å². The summed E-state index contributed by atoms with van der Waals surface area (Å²) in [6, 6.07) is 9.71. The molecule has 2 heterocycles. The number of nitrogens with zero attached hydrogens (tertiary/aromatic N) is 4. The molecule has 0 aliphatic carbocycles. The Balaban J connectivity index is 1.79. The molecule has 0 aliphatic heterocycles. The molecule has 0 saturated heterocycles. The number of aromatic nitrogens is 3. The minimum atomic E-state index is -0.102. The fourth-order valence-corrected chi connectivity index (χ4v) is 4.06. The van der Waals surface area contributed by atoms with Crippen LogP contribution in [-0.2, 0) is 19.5 Å². The average molecular weight is 387 g/mol. The Morgan fingerprint density at radius 3 is 2.59 bits per heavy atom. The van der Waals surface area contributed by atoms with Gasteiger partial charge in [-0.15, -0.1) is 0 Å². The first-order valence-electron chi connectivity index (χ1n) is 9.37. The van der Waals surface area contributed by atoms with E-state index in [1.54, 1.807) is 13.2 Å². The predicted octanol–water partition coefficient (Wildman–Crippen LogP) is 3.52. The van der Waals surface area contributed by atoms with Gasteiger partial charge in [0.05, 0.1) is 12.8 Å². The normalized spacial score (nSPS) is 11.4. The Kier molecular flexibility index (Phi) is 6.58. The van der Waals surface area contributed by atoms with E-state index in [1.165, 1.54) is 21.4 Å². The van der Waals surface area contributed by atoms with E-state index in [-0.39, 0.29) is 5.56 Å². The van der Waals surface area contributed by atoms with Gasteiger partial charge in [0, 0.05) is 25.6 Å². The molecule has 0 N–H and O–H groups in total. The Morgan fingerprint density at radius 1 is 1.15 bits per heavy atom. The van der Waals surface area contributed by atoms with E-state index in [0.29, 0.717) is 11.5 Å². The third kappa shape index (κ3) is 4.93. The molecule has 0 amide bonds. The summed E-state index contributed by atoms with van der Waals surface area (Å²) in [5.74, 6) is 0.856. The van der Waals surface area contributed by atoms with Gasteiger partial charge in [-0.1, -0.05) is 37.3 Å². The summed E-state index contributed by atoms with van der Waals surface area (Å²) in [5, 5.41) is 5.34. The monoisotopic (exact) mass is 386 g/mol. The van der Waals surface area contributed by atoms with E-state index in [9.17, 15) is 4.79 Å². The van der Waals surface area contributed by atoms with E-state index in [1.807, 2.05) is 12.1 Å². The van der Waals surface area contributed by atoms with Gasteiger partial charge >= 0.3 is 0 Å². The molecule has 27 heavy (non-hydrogen) atoms. The minimum absolute atomic E-state index is 0.102. The summed E-state index contributed by atoms with van der Waals surface area (Å²) in [6.07, 6.45) is 2.92. The molecule has 1 aromatic carbocycles. The van der Waals surface area contributed by atoms with Crippen molar-refractivity contribution in [1.82, 2.24) is 19.5 Å². The number of rotatable bonds is 9. The largest absolute Gasteiger partial charge is 0.497 e. The number of ether oxygens (including phenoxy) is 1. The van der Waals surface area contributed by atoms with E-state index in [4.69, 9.17) is 4.74 Å². The highest BCUT2D eigenvalue weighted by Crippen LogP contribution is 2.16. The first-order chi connectivity index (χ1) is 13.1. The van der Waals surface area contributed by atoms with Gasteiger partial charge in [0.1, 0.15) is 10.8 Å². The van der Waals surface area contributed by atoms with Gasteiger partial charge in [0.15, 0.2) is 0 Å². The highest BCUT2D eigenvalue weighted by Gasteiger charge is 2.12. The Hall–Kier alpha value is -2.25. The lowest BCUT2D eigenvalue weighted by atomic mass is 10.2. The summed E-state index contributed by atoms with van der Waals surface area (Å²) in [6.45, 7) is 6.66. The molecule has 7 heteroatoms. The fraction of sp³-hybridized carbons (Fsp3) is 0.450. The number of aryl methyl sites for hydroxylation is 1. The van der Waals surface area contributed by atoms with E-state index in [0.717, 1.165) is 48.8 Å². The van der Waals surface area contributed by atoms with Crippen LogP contribution in [0.2, 0.25) is 0 Å². The topological polar surface area (TPSA) is 59.7 Å². The summed E-state index contributed by atoms with van der Waals surface area (Å²) >= 11 is 1.51. The molecule has 144 valence electrons. The highest BCUT2D eigenvalue weighted by molar-refractivity contribution is 7.16. The van der Waals surface area contributed by atoms with Crippen LogP contribution in [0.1, 0.15) is 43.0 Å². The first-order valence-corrected chi connectivity index (χ1v) is 10.2. The van der Waals surface area contributed by atoms with Crippen molar-refractivity contribution in [1.29, 1.82) is 0 Å². The molecule has 3 aromatic rings. The smallest absolute Gasteiger partial charge is 0.275 e. The van der Waals surface area contributed by atoms with Crippen molar-refractivity contribution < 1.29 is 4.74 Å². The molecule has 0 fully saturated rings. The molecule has 0 saturated carbocycles. The van der Waals surface area contributed by atoms with Crippen LogP contribution < -0.4 is 10.3 Å². The number of methoxy groups -OCH3 is 1. The van der Waals surface area contributed by atoms with Gasteiger partial charge in [0.2, 0.25) is 4.96 Å². The highest BCUT2D eigenvalue weighted by atomic mass is 32.1. The molecule has 0 radical (unpaired) electrons. The Labute approximate surface area is 163 Å². The lowest BCUT2D eigenvalue weighted by Gasteiger charge is -2.21. The second-order valence-corrected chi connectivity index (χ2v) is 7.63. The van der Waals surface area contributed by atoms with Crippen molar-refractivity contribution in [2.45, 2.75) is 46.2 Å². The van der Waals surface area contributed by atoms with Crippen molar-refractivity contribution in [3.63, 3.8) is 0 Å². The first kappa shape index (κ1) is 19.5. The van der Waals surface area contributed by atoms with Crippen molar-refractivity contribution >= 4 is 16.3 Å². The molecule has 6 nitrogen and oxygen atoms in total. The quantitative estimate of drug-likeness (QED) is 0.563. The molecular formula is C20H26N4O2S. The summed E-state index contributed by atoms with van der Waals surface area (Å²) in [7, 11) is 1.67. The van der Waals surface area contributed by atoms with Crippen LogP contribution in [-0.4, -0.2) is 33.2 Å². The van der Waals surface area contributed by atoms with Crippen molar-refractivity contribution in [2.75, 3.05) is 13.7 Å². The molecule has 0 spiro atoms. The average Bonchev–Trinajstić information content (AvgIpc) is 3.06. The molecule has 0 atom stereocenters. The summed E-state index contributed by atoms with van der Waals surface area (Å²) in [5.41, 5.74) is 1.91. The van der Waals surface area contributed by atoms with E-state index in [2.05, 4.69) is 41.0 Å². The Bertz CT molecular complexity index is 933. The number of fused-ring (bicyclic) bond motifs is 1. The van der Waals surface area contributed by atoms with Crippen LogP contribution >= 0.6 is 11.3 Å². The summed E-state index contributed by atoms with van der Waals surface area (Å²) in [4.78, 5) is 20.1. The predicted molar refractivity (Wildman–Crippen MR) is 109 cm³/mol. The van der Waals surface area contributed by atoms with Crippen molar-refractivity contribution in [3.8, 4) is 5.75 Å². The van der Waals surface area contributed by atoms with Gasteiger partial charge in [0.25, 0.3) is 5.56 Å². The molecule has 0 bridgehead atoms. The maximum atomic E-state index is 12.4. The van der Waals surface area contributed by atoms with E-state index < -0.39 is 0 Å². The second kappa shape index (κ2) is 9.10. The number of hydrogen-bond acceptors (Lipinski definition) is 6. The van der Waals surface area contributed by atoms with Crippen molar-refractivity contribution in [2.24, 2.45) is 0 Å². The van der Waals surface area contributed by atoms with E-state index >= 15 is 0 Å². The van der Waals surface area contributed by atoms with Crippen LogP contribution in [0.4, 0.5) is 0 Å². The molecule has 2 aromatic heterocycles. The maximum Gasteiger partial charge on any atom is 0.275 e.